The van der Waals surface area contributed by atoms with E-state index in [0.717, 1.165) is 29.3 Å². The van der Waals surface area contributed by atoms with Gasteiger partial charge in [0.1, 0.15) is 5.82 Å². The van der Waals surface area contributed by atoms with E-state index in [2.05, 4.69) is 42.3 Å². The Morgan fingerprint density at radius 1 is 1.35 bits per heavy atom. The summed E-state index contributed by atoms with van der Waals surface area (Å²) in [5, 5.41) is 3.55. The number of aryl methyl sites for hydroxylation is 1. The molecule has 0 radical (unpaired) electrons. The van der Waals surface area contributed by atoms with Gasteiger partial charge in [-0.25, -0.2) is 4.98 Å². The molecule has 0 bridgehead atoms. The van der Waals surface area contributed by atoms with E-state index in [1.54, 1.807) is 0 Å². The van der Waals surface area contributed by atoms with Crippen molar-refractivity contribution in [1.29, 1.82) is 0 Å². The first-order valence-electron chi connectivity index (χ1n) is 6.42. The van der Waals surface area contributed by atoms with Crippen LogP contribution in [-0.4, -0.2) is 16.5 Å². The lowest BCUT2D eigenvalue weighted by Gasteiger charge is -2.26. The summed E-state index contributed by atoms with van der Waals surface area (Å²) in [5.41, 5.74) is 3.51. The minimum atomic E-state index is 0.394. The molecule has 0 spiro atoms. The van der Waals surface area contributed by atoms with Crippen LogP contribution in [0.5, 0.6) is 0 Å². The summed E-state index contributed by atoms with van der Waals surface area (Å²) in [5.74, 6) is 1.89. The molecule has 2 N–H and O–H groups in total. The Morgan fingerprint density at radius 3 is 3.00 bits per heavy atom. The van der Waals surface area contributed by atoms with Crippen LogP contribution in [-0.2, 0) is 0 Å². The number of nitrogens with one attached hydrogen (secondary N) is 2. The van der Waals surface area contributed by atoms with E-state index in [-0.39, 0.29) is 0 Å². The number of fused-ring (bicyclic) bond motifs is 1. The monoisotopic (exact) mass is 229 g/mol. The van der Waals surface area contributed by atoms with Gasteiger partial charge in [-0.05, 0) is 43.9 Å². The van der Waals surface area contributed by atoms with Crippen molar-refractivity contribution >= 4 is 11.0 Å². The quantitative estimate of drug-likeness (QED) is 0.789. The molecule has 3 heteroatoms. The van der Waals surface area contributed by atoms with Gasteiger partial charge in [0.05, 0.1) is 17.1 Å². The molecule has 1 aromatic carbocycles. The second-order valence-electron chi connectivity index (χ2n) is 5.23. The van der Waals surface area contributed by atoms with Crippen molar-refractivity contribution in [3.05, 3.63) is 29.6 Å². The zero-order valence-electron chi connectivity index (χ0n) is 10.5. The van der Waals surface area contributed by atoms with Gasteiger partial charge in [-0.3, -0.25) is 0 Å². The maximum atomic E-state index is 4.75. The number of rotatable bonds is 1. The van der Waals surface area contributed by atoms with Gasteiger partial charge in [-0.15, -0.1) is 0 Å². The number of aromatic nitrogens is 2. The number of hydrogen-bond acceptors (Lipinski definition) is 2. The molecule has 2 aromatic rings. The lowest BCUT2D eigenvalue weighted by atomic mass is 9.94. The van der Waals surface area contributed by atoms with Crippen LogP contribution in [0.2, 0.25) is 0 Å². The van der Waals surface area contributed by atoms with Gasteiger partial charge in [-0.1, -0.05) is 19.1 Å². The van der Waals surface area contributed by atoms with Gasteiger partial charge < -0.3 is 10.3 Å². The van der Waals surface area contributed by atoms with E-state index in [4.69, 9.17) is 4.98 Å². The summed E-state index contributed by atoms with van der Waals surface area (Å²) in [7, 11) is 0. The predicted octanol–water partition coefficient (Wildman–Crippen LogP) is 2.93. The van der Waals surface area contributed by atoms with Gasteiger partial charge in [0, 0.05) is 0 Å². The summed E-state index contributed by atoms with van der Waals surface area (Å²) in [6.45, 7) is 5.54. The van der Waals surface area contributed by atoms with Gasteiger partial charge in [0.15, 0.2) is 0 Å². The fraction of sp³-hybridized carbons (Fsp3) is 0.500. The Kier molecular flexibility index (Phi) is 2.63. The normalized spacial score (nSPS) is 25.3. The largest absolute Gasteiger partial charge is 0.341 e. The Morgan fingerprint density at radius 2 is 2.24 bits per heavy atom. The zero-order chi connectivity index (χ0) is 11.8. The van der Waals surface area contributed by atoms with Crippen LogP contribution < -0.4 is 5.32 Å². The minimum absolute atomic E-state index is 0.394. The van der Waals surface area contributed by atoms with E-state index in [1.807, 2.05) is 0 Å². The fourth-order valence-corrected chi connectivity index (χ4v) is 2.68. The molecule has 2 heterocycles. The average Bonchev–Trinajstić information content (AvgIpc) is 2.74. The maximum absolute atomic E-state index is 4.75. The third-order valence-electron chi connectivity index (χ3n) is 3.73. The second-order valence-corrected chi connectivity index (χ2v) is 5.23. The van der Waals surface area contributed by atoms with Crippen LogP contribution in [0.15, 0.2) is 18.2 Å². The number of imidazole rings is 1. The SMILES string of the molecule is Cc1cccc2[nH]c(C3CC(C)CCN3)nc12. The highest BCUT2D eigenvalue weighted by molar-refractivity contribution is 5.78. The summed E-state index contributed by atoms with van der Waals surface area (Å²) in [6, 6.07) is 6.69. The van der Waals surface area contributed by atoms with Crippen molar-refractivity contribution < 1.29 is 0 Å². The van der Waals surface area contributed by atoms with Crippen LogP contribution in [0.4, 0.5) is 0 Å². The highest BCUT2D eigenvalue weighted by Crippen LogP contribution is 2.27. The fourth-order valence-electron chi connectivity index (χ4n) is 2.68. The van der Waals surface area contributed by atoms with E-state index < -0.39 is 0 Å². The van der Waals surface area contributed by atoms with E-state index >= 15 is 0 Å². The van der Waals surface area contributed by atoms with E-state index in [9.17, 15) is 0 Å². The van der Waals surface area contributed by atoms with Crippen molar-refractivity contribution in [2.75, 3.05) is 6.54 Å². The summed E-state index contributed by atoms with van der Waals surface area (Å²) in [6.07, 6.45) is 2.45. The molecule has 1 saturated heterocycles. The topological polar surface area (TPSA) is 40.7 Å². The smallest absolute Gasteiger partial charge is 0.124 e. The lowest BCUT2D eigenvalue weighted by Crippen LogP contribution is -2.31. The number of nitrogens with zero attached hydrogens (tertiary/aromatic N) is 1. The molecule has 90 valence electrons. The standard InChI is InChI=1S/C14H19N3/c1-9-6-7-15-12(8-9)14-16-11-5-3-4-10(2)13(11)17-14/h3-5,9,12,15H,6-8H2,1-2H3,(H,16,17). The molecule has 1 aliphatic heterocycles. The molecule has 1 aliphatic rings. The molecule has 17 heavy (non-hydrogen) atoms. The molecule has 1 fully saturated rings. The number of para-hydroxylation sites is 1. The molecule has 1 aromatic heterocycles. The molecule has 3 rings (SSSR count). The maximum Gasteiger partial charge on any atom is 0.124 e. The summed E-state index contributed by atoms with van der Waals surface area (Å²) in [4.78, 5) is 8.21. The van der Waals surface area contributed by atoms with Gasteiger partial charge in [0.25, 0.3) is 0 Å². The van der Waals surface area contributed by atoms with Crippen molar-refractivity contribution in [1.82, 2.24) is 15.3 Å². The molecule has 0 saturated carbocycles. The Bertz CT molecular complexity index is 529. The minimum Gasteiger partial charge on any atom is -0.341 e. The Labute approximate surface area is 102 Å². The van der Waals surface area contributed by atoms with Gasteiger partial charge >= 0.3 is 0 Å². The summed E-state index contributed by atoms with van der Waals surface area (Å²) < 4.78 is 0. The second kappa shape index (κ2) is 4.15. The van der Waals surface area contributed by atoms with Crippen molar-refractivity contribution in [3.8, 4) is 0 Å². The number of hydrogen-bond donors (Lipinski definition) is 2. The first-order valence-corrected chi connectivity index (χ1v) is 6.42. The molecule has 2 atom stereocenters. The molecular formula is C14H19N3. The van der Waals surface area contributed by atoms with Crippen molar-refractivity contribution in [3.63, 3.8) is 0 Å². The molecular weight excluding hydrogens is 210 g/mol. The van der Waals surface area contributed by atoms with Crippen molar-refractivity contribution in [2.24, 2.45) is 5.92 Å². The predicted molar refractivity (Wildman–Crippen MR) is 70.0 cm³/mol. The Hall–Kier alpha value is -1.35. The van der Waals surface area contributed by atoms with Crippen LogP contribution in [0.1, 0.15) is 37.2 Å². The first kappa shape index (κ1) is 10.8. The van der Waals surface area contributed by atoms with Crippen molar-refractivity contribution in [2.45, 2.75) is 32.7 Å². The summed E-state index contributed by atoms with van der Waals surface area (Å²) >= 11 is 0. The number of H-pyrrole nitrogens is 1. The van der Waals surface area contributed by atoms with Crippen LogP contribution in [0.25, 0.3) is 11.0 Å². The third kappa shape index (κ3) is 1.95. The van der Waals surface area contributed by atoms with Crippen LogP contribution >= 0.6 is 0 Å². The number of benzene rings is 1. The highest BCUT2D eigenvalue weighted by Gasteiger charge is 2.22. The zero-order valence-corrected chi connectivity index (χ0v) is 10.5. The molecule has 3 nitrogen and oxygen atoms in total. The number of piperidine rings is 1. The first-order chi connectivity index (χ1) is 8.24. The molecule has 0 aliphatic carbocycles. The van der Waals surface area contributed by atoms with Crippen LogP contribution in [0, 0.1) is 12.8 Å². The van der Waals surface area contributed by atoms with E-state index in [0.29, 0.717) is 6.04 Å². The van der Waals surface area contributed by atoms with Gasteiger partial charge in [-0.2, -0.15) is 0 Å². The highest BCUT2D eigenvalue weighted by atomic mass is 15.0. The number of aromatic amines is 1. The van der Waals surface area contributed by atoms with E-state index in [1.165, 1.54) is 18.4 Å². The van der Waals surface area contributed by atoms with Crippen LogP contribution in [0.3, 0.4) is 0 Å². The van der Waals surface area contributed by atoms with Gasteiger partial charge in [0.2, 0.25) is 0 Å². The molecule has 0 amide bonds. The lowest BCUT2D eigenvalue weighted by molar-refractivity contribution is 0.317. The average molecular weight is 229 g/mol. The molecule has 2 unspecified atom stereocenters. The Balaban J connectivity index is 1.97. The third-order valence-corrected chi connectivity index (χ3v) is 3.73.